The van der Waals surface area contributed by atoms with E-state index in [1.165, 1.54) is 5.56 Å². The lowest BCUT2D eigenvalue weighted by atomic mass is 10.0. The molecule has 2 heterocycles. The van der Waals surface area contributed by atoms with Crippen molar-refractivity contribution >= 4 is 17.7 Å². The van der Waals surface area contributed by atoms with Gasteiger partial charge in [-0.2, -0.15) is 4.98 Å². The number of carbonyl (C=O) groups is 1. The summed E-state index contributed by atoms with van der Waals surface area (Å²) < 4.78 is 0. The minimum atomic E-state index is 0.0363. The van der Waals surface area contributed by atoms with Crippen LogP contribution in [0.2, 0.25) is 0 Å². The molecule has 1 aliphatic rings. The van der Waals surface area contributed by atoms with Crippen LogP contribution in [0.4, 0.5) is 11.8 Å². The van der Waals surface area contributed by atoms with Crippen molar-refractivity contribution in [1.82, 2.24) is 15.3 Å². The molecular formula is C19H25N5O. The van der Waals surface area contributed by atoms with Crippen molar-refractivity contribution in [3.63, 3.8) is 0 Å². The van der Waals surface area contributed by atoms with Gasteiger partial charge in [-0.05, 0) is 25.8 Å². The zero-order valence-corrected chi connectivity index (χ0v) is 15.3. The molecule has 1 aromatic carbocycles. The van der Waals surface area contributed by atoms with Crippen molar-refractivity contribution < 1.29 is 4.79 Å². The second kappa shape index (κ2) is 7.09. The van der Waals surface area contributed by atoms with Gasteiger partial charge >= 0.3 is 0 Å². The van der Waals surface area contributed by atoms with E-state index in [0.717, 1.165) is 30.0 Å². The number of aromatic nitrogens is 2. The van der Waals surface area contributed by atoms with Gasteiger partial charge in [-0.1, -0.05) is 30.3 Å². The number of carbonyl (C=O) groups excluding carboxylic acids is 1. The summed E-state index contributed by atoms with van der Waals surface area (Å²) in [6.45, 7) is 5.07. The third kappa shape index (κ3) is 3.90. The first-order chi connectivity index (χ1) is 11.9. The summed E-state index contributed by atoms with van der Waals surface area (Å²) in [4.78, 5) is 25.4. The number of aryl methyl sites for hydroxylation is 1. The van der Waals surface area contributed by atoms with E-state index in [2.05, 4.69) is 27.3 Å². The average molecular weight is 339 g/mol. The van der Waals surface area contributed by atoms with Crippen molar-refractivity contribution in [3.05, 3.63) is 47.2 Å². The molecule has 0 unspecified atom stereocenters. The summed E-state index contributed by atoms with van der Waals surface area (Å²) in [7, 11) is 3.85. The van der Waals surface area contributed by atoms with Gasteiger partial charge in [0.05, 0.1) is 12.6 Å². The van der Waals surface area contributed by atoms with Gasteiger partial charge in [-0.25, -0.2) is 4.98 Å². The number of hydrogen-bond acceptors (Lipinski definition) is 5. The fourth-order valence-corrected chi connectivity index (χ4v) is 3.11. The molecule has 1 aromatic heterocycles. The summed E-state index contributed by atoms with van der Waals surface area (Å²) in [5.74, 6) is 1.56. The molecule has 0 radical (unpaired) electrons. The van der Waals surface area contributed by atoms with Gasteiger partial charge in [0.1, 0.15) is 5.82 Å². The Hall–Kier alpha value is -2.63. The third-order valence-electron chi connectivity index (χ3n) is 4.52. The second-order valence-electron chi connectivity index (χ2n) is 6.79. The van der Waals surface area contributed by atoms with Crippen molar-refractivity contribution in [3.8, 4) is 0 Å². The Bertz CT molecular complexity index is 760. The molecule has 1 fully saturated rings. The minimum absolute atomic E-state index is 0.0363. The predicted molar refractivity (Wildman–Crippen MR) is 100 cm³/mol. The summed E-state index contributed by atoms with van der Waals surface area (Å²) >= 11 is 0. The molecule has 1 atom stereocenters. The van der Waals surface area contributed by atoms with E-state index in [0.29, 0.717) is 12.5 Å². The number of rotatable bonds is 4. The molecule has 0 spiro atoms. The molecule has 1 saturated heterocycles. The normalized spacial score (nSPS) is 17.4. The topological polar surface area (TPSA) is 61.4 Å². The largest absolute Gasteiger partial charge is 0.350 e. The first-order valence-electron chi connectivity index (χ1n) is 8.55. The van der Waals surface area contributed by atoms with Gasteiger partial charge in [-0.3, -0.25) is 4.79 Å². The van der Waals surface area contributed by atoms with E-state index >= 15 is 0 Å². The molecule has 6 heteroatoms. The van der Waals surface area contributed by atoms with E-state index < -0.39 is 0 Å². The average Bonchev–Trinajstić information content (AvgIpc) is 2.57. The summed E-state index contributed by atoms with van der Waals surface area (Å²) in [6, 6.07) is 10.3. The third-order valence-corrected chi connectivity index (χ3v) is 4.52. The fraction of sp³-hybridized carbons (Fsp3) is 0.421. The molecule has 0 saturated carbocycles. The summed E-state index contributed by atoms with van der Waals surface area (Å²) in [6.07, 6.45) is 0.812. The first-order valence-corrected chi connectivity index (χ1v) is 8.55. The lowest BCUT2D eigenvalue weighted by molar-refractivity contribution is -0.121. The van der Waals surface area contributed by atoms with E-state index in [4.69, 9.17) is 4.98 Å². The van der Waals surface area contributed by atoms with Crippen LogP contribution in [0.3, 0.4) is 0 Å². The van der Waals surface area contributed by atoms with Crippen LogP contribution in [0.5, 0.6) is 0 Å². The molecule has 1 N–H and O–H groups in total. The smallest absolute Gasteiger partial charge is 0.239 e. The van der Waals surface area contributed by atoms with Crippen LogP contribution in [0.25, 0.3) is 0 Å². The SMILES string of the molecule is Cc1nc(N(C)C)nc(N2CC(=O)N[C@@H](Cc3ccccc3)C2)c1C. The van der Waals surface area contributed by atoms with E-state index in [9.17, 15) is 4.79 Å². The number of anilines is 2. The predicted octanol–water partition coefficient (Wildman–Crippen LogP) is 1.71. The van der Waals surface area contributed by atoms with Crippen molar-refractivity contribution in [2.45, 2.75) is 26.3 Å². The Morgan fingerprint density at radius 2 is 1.92 bits per heavy atom. The molecule has 0 bridgehead atoms. The van der Waals surface area contributed by atoms with E-state index in [-0.39, 0.29) is 11.9 Å². The van der Waals surface area contributed by atoms with Crippen LogP contribution in [0, 0.1) is 13.8 Å². The Morgan fingerprint density at radius 3 is 2.60 bits per heavy atom. The zero-order valence-electron chi connectivity index (χ0n) is 15.3. The number of piperazine rings is 1. The molecule has 1 aliphatic heterocycles. The molecule has 25 heavy (non-hydrogen) atoms. The Morgan fingerprint density at radius 1 is 1.20 bits per heavy atom. The molecular weight excluding hydrogens is 314 g/mol. The second-order valence-corrected chi connectivity index (χ2v) is 6.79. The lowest BCUT2D eigenvalue weighted by Crippen LogP contribution is -2.55. The van der Waals surface area contributed by atoms with Gasteiger partial charge in [0.15, 0.2) is 0 Å². The highest BCUT2D eigenvalue weighted by atomic mass is 16.2. The summed E-state index contributed by atoms with van der Waals surface area (Å²) in [5, 5.41) is 3.10. The Kier molecular flexibility index (Phi) is 4.88. The minimum Gasteiger partial charge on any atom is -0.350 e. The van der Waals surface area contributed by atoms with Gasteiger partial charge in [0.2, 0.25) is 11.9 Å². The van der Waals surface area contributed by atoms with Gasteiger partial charge < -0.3 is 15.1 Å². The molecule has 0 aliphatic carbocycles. The van der Waals surface area contributed by atoms with Gasteiger partial charge in [0.25, 0.3) is 0 Å². The van der Waals surface area contributed by atoms with Crippen LogP contribution in [-0.4, -0.2) is 49.1 Å². The molecule has 1 amide bonds. The quantitative estimate of drug-likeness (QED) is 0.919. The van der Waals surface area contributed by atoms with Crippen molar-refractivity contribution in [1.29, 1.82) is 0 Å². The Labute approximate surface area is 148 Å². The monoisotopic (exact) mass is 339 g/mol. The molecule has 3 rings (SSSR count). The standard InChI is InChI=1S/C19H25N5O/c1-13-14(2)20-19(23(3)4)22-18(13)24-11-16(21-17(25)12-24)10-15-8-6-5-7-9-15/h5-9,16H,10-12H2,1-4H3,(H,21,25)/t16-/m0/s1. The number of amides is 1. The molecule has 6 nitrogen and oxygen atoms in total. The maximum absolute atomic E-state index is 12.3. The highest BCUT2D eigenvalue weighted by Gasteiger charge is 2.27. The van der Waals surface area contributed by atoms with E-state index in [1.54, 1.807) is 0 Å². The molecule has 132 valence electrons. The van der Waals surface area contributed by atoms with Gasteiger partial charge in [0, 0.05) is 31.9 Å². The zero-order chi connectivity index (χ0) is 18.0. The van der Waals surface area contributed by atoms with Crippen LogP contribution < -0.4 is 15.1 Å². The first kappa shape index (κ1) is 17.2. The Balaban J connectivity index is 1.85. The number of benzene rings is 1. The van der Waals surface area contributed by atoms with Crippen molar-refractivity contribution in [2.75, 3.05) is 37.0 Å². The fourth-order valence-electron chi connectivity index (χ4n) is 3.11. The van der Waals surface area contributed by atoms with Gasteiger partial charge in [-0.15, -0.1) is 0 Å². The summed E-state index contributed by atoms with van der Waals surface area (Å²) in [5.41, 5.74) is 3.19. The van der Waals surface area contributed by atoms with Crippen LogP contribution in [-0.2, 0) is 11.2 Å². The van der Waals surface area contributed by atoms with Crippen molar-refractivity contribution in [2.24, 2.45) is 0 Å². The number of hydrogen-bond donors (Lipinski definition) is 1. The number of nitrogens with one attached hydrogen (secondary N) is 1. The highest BCUT2D eigenvalue weighted by molar-refractivity contribution is 5.83. The van der Waals surface area contributed by atoms with Crippen LogP contribution in [0.15, 0.2) is 30.3 Å². The van der Waals surface area contributed by atoms with Crippen LogP contribution >= 0.6 is 0 Å². The lowest BCUT2D eigenvalue weighted by Gasteiger charge is -2.35. The highest BCUT2D eigenvalue weighted by Crippen LogP contribution is 2.24. The maximum atomic E-state index is 12.3. The number of nitrogens with zero attached hydrogens (tertiary/aromatic N) is 4. The van der Waals surface area contributed by atoms with Crippen LogP contribution in [0.1, 0.15) is 16.8 Å². The molecule has 2 aromatic rings. The maximum Gasteiger partial charge on any atom is 0.239 e. The van der Waals surface area contributed by atoms with E-state index in [1.807, 2.05) is 51.0 Å².